The summed E-state index contributed by atoms with van der Waals surface area (Å²) in [5, 5.41) is 13.4. The molecule has 5 unspecified atom stereocenters. The van der Waals surface area contributed by atoms with Gasteiger partial charge < -0.3 is 10.4 Å². The van der Waals surface area contributed by atoms with Crippen molar-refractivity contribution < 1.29 is 5.11 Å². The molecule has 2 fully saturated rings. The summed E-state index contributed by atoms with van der Waals surface area (Å²) >= 11 is 0. The van der Waals surface area contributed by atoms with Gasteiger partial charge in [-0.25, -0.2) is 0 Å². The van der Waals surface area contributed by atoms with Crippen LogP contribution >= 0.6 is 0 Å². The van der Waals surface area contributed by atoms with Gasteiger partial charge in [0.15, 0.2) is 0 Å². The van der Waals surface area contributed by atoms with Crippen LogP contribution in [-0.4, -0.2) is 48.3 Å². The van der Waals surface area contributed by atoms with Gasteiger partial charge in [-0.1, -0.05) is 20.8 Å². The van der Waals surface area contributed by atoms with E-state index in [1.165, 1.54) is 45.2 Å². The van der Waals surface area contributed by atoms with Gasteiger partial charge in [0.2, 0.25) is 0 Å². The SMILES string of the molecule is CCCNC1CCC(C)CC1CN1CCC(C)C1CO. The van der Waals surface area contributed by atoms with Crippen LogP contribution in [0.1, 0.15) is 52.9 Å². The molecule has 0 radical (unpaired) electrons. The average molecular weight is 282 g/mol. The molecular formula is C17H34N2O. The maximum absolute atomic E-state index is 9.64. The number of aliphatic hydroxyl groups excluding tert-OH is 1. The quantitative estimate of drug-likeness (QED) is 0.786. The van der Waals surface area contributed by atoms with Crippen molar-refractivity contribution >= 4 is 0 Å². The van der Waals surface area contributed by atoms with Gasteiger partial charge >= 0.3 is 0 Å². The molecule has 3 nitrogen and oxygen atoms in total. The summed E-state index contributed by atoms with van der Waals surface area (Å²) in [4.78, 5) is 2.56. The van der Waals surface area contributed by atoms with E-state index in [4.69, 9.17) is 0 Å². The predicted molar refractivity (Wildman–Crippen MR) is 84.8 cm³/mol. The summed E-state index contributed by atoms with van der Waals surface area (Å²) in [6.45, 7) is 10.8. The molecule has 2 aliphatic rings. The van der Waals surface area contributed by atoms with Crippen LogP contribution in [0.5, 0.6) is 0 Å². The molecule has 1 aliphatic carbocycles. The van der Waals surface area contributed by atoms with E-state index in [-0.39, 0.29) is 0 Å². The van der Waals surface area contributed by atoms with Crippen LogP contribution in [0.3, 0.4) is 0 Å². The maximum Gasteiger partial charge on any atom is 0.0589 e. The fourth-order valence-corrected chi connectivity index (χ4v) is 4.21. The molecular weight excluding hydrogens is 248 g/mol. The Hall–Kier alpha value is -0.120. The number of aliphatic hydroxyl groups is 1. The molecule has 1 saturated carbocycles. The minimum absolute atomic E-state index is 0.330. The Morgan fingerprint density at radius 3 is 2.70 bits per heavy atom. The first-order valence-electron chi connectivity index (χ1n) is 8.74. The van der Waals surface area contributed by atoms with Gasteiger partial charge in [0.25, 0.3) is 0 Å². The molecule has 20 heavy (non-hydrogen) atoms. The Labute approximate surface area is 125 Å². The van der Waals surface area contributed by atoms with Crippen molar-refractivity contribution in [1.82, 2.24) is 10.2 Å². The van der Waals surface area contributed by atoms with Crippen LogP contribution in [0.4, 0.5) is 0 Å². The molecule has 2 rings (SSSR count). The highest BCUT2D eigenvalue weighted by molar-refractivity contribution is 4.90. The van der Waals surface area contributed by atoms with E-state index in [0.717, 1.165) is 18.4 Å². The number of rotatable bonds is 6. The first-order chi connectivity index (χ1) is 9.65. The second kappa shape index (κ2) is 7.77. The minimum Gasteiger partial charge on any atom is -0.395 e. The molecule has 1 aliphatic heterocycles. The van der Waals surface area contributed by atoms with Crippen LogP contribution in [0.15, 0.2) is 0 Å². The topological polar surface area (TPSA) is 35.5 Å². The van der Waals surface area contributed by atoms with E-state index in [1.54, 1.807) is 0 Å². The molecule has 3 heteroatoms. The Kier molecular flexibility index (Phi) is 6.31. The predicted octanol–water partition coefficient (Wildman–Crippen LogP) is 2.49. The summed E-state index contributed by atoms with van der Waals surface area (Å²) in [6, 6.07) is 1.10. The number of hydrogen-bond donors (Lipinski definition) is 2. The zero-order chi connectivity index (χ0) is 14.5. The van der Waals surface area contributed by atoms with Crippen molar-refractivity contribution in [2.45, 2.75) is 65.0 Å². The number of likely N-dealkylation sites (tertiary alicyclic amines) is 1. The Balaban J connectivity index is 1.92. The summed E-state index contributed by atoms with van der Waals surface area (Å²) in [7, 11) is 0. The molecule has 2 N–H and O–H groups in total. The lowest BCUT2D eigenvalue weighted by atomic mass is 9.78. The lowest BCUT2D eigenvalue weighted by Gasteiger charge is -2.39. The Morgan fingerprint density at radius 2 is 2.00 bits per heavy atom. The van der Waals surface area contributed by atoms with E-state index in [0.29, 0.717) is 24.6 Å². The van der Waals surface area contributed by atoms with Crippen LogP contribution in [0.25, 0.3) is 0 Å². The molecule has 0 amide bonds. The third-order valence-electron chi connectivity index (χ3n) is 5.55. The second-order valence-corrected chi connectivity index (χ2v) is 7.25. The van der Waals surface area contributed by atoms with Crippen molar-refractivity contribution in [3.05, 3.63) is 0 Å². The molecule has 0 aromatic heterocycles. The third-order valence-corrected chi connectivity index (χ3v) is 5.55. The molecule has 0 aromatic carbocycles. The van der Waals surface area contributed by atoms with Gasteiger partial charge in [-0.2, -0.15) is 0 Å². The van der Waals surface area contributed by atoms with Crippen molar-refractivity contribution in [1.29, 1.82) is 0 Å². The lowest BCUT2D eigenvalue weighted by Crippen LogP contribution is -2.47. The fraction of sp³-hybridized carbons (Fsp3) is 1.00. The monoisotopic (exact) mass is 282 g/mol. The van der Waals surface area contributed by atoms with Gasteiger partial charge in [-0.3, -0.25) is 4.90 Å². The van der Waals surface area contributed by atoms with E-state index in [1.807, 2.05) is 0 Å². The number of nitrogens with one attached hydrogen (secondary N) is 1. The maximum atomic E-state index is 9.64. The highest BCUT2D eigenvalue weighted by Gasteiger charge is 2.35. The molecule has 5 atom stereocenters. The van der Waals surface area contributed by atoms with Crippen molar-refractivity contribution in [3.63, 3.8) is 0 Å². The number of hydrogen-bond acceptors (Lipinski definition) is 3. The van der Waals surface area contributed by atoms with Crippen molar-refractivity contribution in [2.24, 2.45) is 17.8 Å². The highest BCUT2D eigenvalue weighted by atomic mass is 16.3. The first-order valence-corrected chi connectivity index (χ1v) is 8.74. The number of nitrogens with zero attached hydrogens (tertiary/aromatic N) is 1. The van der Waals surface area contributed by atoms with Gasteiger partial charge in [0, 0.05) is 18.6 Å². The molecule has 1 saturated heterocycles. The lowest BCUT2D eigenvalue weighted by molar-refractivity contribution is 0.0956. The van der Waals surface area contributed by atoms with E-state index >= 15 is 0 Å². The third kappa shape index (κ3) is 3.96. The van der Waals surface area contributed by atoms with Gasteiger partial charge in [0.05, 0.1) is 6.61 Å². The normalized spacial score (nSPS) is 39.3. The summed E-state index contributed by atoms with van der Waals surface area (Å²) in [5.74, 6) is 2.29. The van der Waals surface area contributed by atoms with Crippen LogP contribution < -0.4 is 5.32 Å². The van der Waals surface area contributed by atoms with Crippen molar-refractivity contribution in [2.75, 3.05) is 26.2 Å². The highest BCUT2D eigenvalue weighted by Crippen LogP contribution is 2.32. The molecule has 1 heterocycles. The zero-order valence-electron chi connectivity index (χ0n) is 13.6. The first kappa shape index (κ1) is 16.3. The van der Waals surface area contributed by atoms with Gasteiger partial charge in [0.1, 0.15) is 0 Å². The van der Waals surface area contributed by atoms with Crippen molar-refractivity contribution in [3.8, 4) is 0 Å². The van der Waals surface area contributed by atoms with E-state index in [2.05, 4.69) is 31.0 Å². The van der Waals surface area contributed by atoms with Crippen LogP contribution in [-0.2, 0) is 0 Å². The van der Waals surface area contributed by atoms with Gasteiger partial charge in [-0.15, -0.1) is 0 Å². The summed E-state index contributed by atoms with van der Waals surface area (Å²) < 4.78 is 0. The van der Waals surface area contributed by atoms with Gasteiger partial charge in [-0.05, 0) is 62.9 Å². The smallest absolute Gasteiger partial charge is 0.0589 e. The van der Waals surface area contributed by atoms with E-state index in [9.17, 15) is 5.11 Å². The Bertz CT molecular complexity index is 282. The largest absolute Gasteiger partial charge is 0.395 e. The van der Waals surface area contributed by atoms with E-state index < -0.39 is 0 Å². The fourth-order valence-electron chi connectivity index (χ4n) is 4.21. The molecule has 0 aromatic rings. The molecule has 0 spiro atoms. The standard InChI is InChI=1S/C17H34N2O/c1-4-8-18-16-6-5-13(2)10-15(16)11-19-9-7-14(3)17(19)12-20/h13-18,20H,4-12H2,1-3H3. The van der Waals surface area contributed by atoms with Crippen LogP contribution in [0.2, 0.25) is 0 Å². The molecule has 118 valence electrons. The zero-order valence-corrected chi connectivity index (χ0v) is 13.6. The minimum atomic E-state index is 0.330. The Morgan fingerprint density at radius 1 is 1.20 bits per heavy atom. The summed E-state index contributed by atoms with van der Waals surface area (Å²) in [5.41, 5.74) is 0. The average Bonchev–Trinajstić information content (AvgIpc) is 2.78. The summed E-state index contributed by atoms with van der Waals surface area (Å²) in [6.07, 6.45) is 6.53. The molecule has 0 bridgehead atoms. The second-order valence-electron chi connectivity index (χ2n) is 7.25. The van der Waals surface area contributed by atoms with Crippen LogP contribution in [0, 0.1) is 17.8 Å².